The molecule has 1 aliphatic heterocycles. The number of imidazole rings is 1. The number of aromatic amines is 1. The zero-order chi connectivity index (χ0) is 24.5. The lowest BCUT2D eigenvalue weighted by Crippen LogP contribution is -2.35. The van der Waals surface area contributed by atoms with E-state index in [9.17, 15) is 8.42 Å². The van der Waals surface area contributed by atoms with Crippen LogP contribution >= 0.6 is 12.4 Å². The lowest BCUT2D eigenvalue weighted by molar-refractivity contribution is 0.419. The van der Waals surface area contributed by atoms with Crippen LogP contribution in [0.15, 0.2) is 108 Å². The van der Waals surface area contributed by atoms with E-state index in [0.29, 0.717) is 31.1 Å². The second-order valence-electron chi connectivity index (χ2n) is 9.02. The minimum atomic E-state index is -3.73. The molecule has 2 heterocycles. The zero-order valence-corrected chi connectivity index (χ0v) is 21.8. The van der Waals surface area contributed by atoms with E-state index in [1.54, 1.807) is 16.7 Å². The molecule has 37 heavy (non-hydrogen) atoms. The van der Waals surface area contributed by atoms with Crippen molar-refractivity contribution in [2.45, 2.75) is 18.0 Å². The van der Waals surface area contributed by atoms with E-state index < -0.39 is 10.0 Å². The largest absolute Gasteiger partial charge is 0.364 e. The van der Waals surface area contributed by atoms with Gasteiger partial charge in [-0.1, -0.05) is 72.8 Å². The maximum absolute atomic E-state index is 14.0. The molecule has 6 rings (SSSR count). The number of rotatable bonds is 5. The summed E-state index contributed by atoms with van der Waals surface area (Å²) in [5.74, 6) is 0. The van der Waals surface area contributed by atoms with Crippen molar-refractivity contribution in [1.29, 1.82) is 0 Å². The number of nitrogens with one attached hydrogen (secondary N) is 1. The van der Waals surface area contributed by atoms with Crippen molar-refractivity contribution in [2.75, 3.05) is 18.0 Å². The lowest BCUT2D eigenvalue weighted by Gasteiger charge is -2.24. The van der Waals surface area contributed by atoms with Crippen LogP contribution in [0.25, 0.3) is 21.9 Å². The highest BCUT2D eigenvalue weighted by molar-refractivity contribution is 7.89. The highest BCUT2D eigenvalue weighted by atomic mass is 35.5. The monoisotopic (exact) mass is 530 g/mol. The minimum Gasteiger partial charge on any atom is -0.364 e. The number of anilines is 1. The first-order valence-corrected chi connectivity index (χ1v) is 13.4. The molecule has 1 aliphatic rings. The van der Waals surface area contributed by atoms with Gasteiger partial charge < -0.3 is 9.88 Å². The maximum atomic E-state index is 14.0. The Morgan fingerprint density at radius 2 is 1.62 bits per heavy atom. The number of sulfonamides is 1. The minimum absolute atomic E-state index is 0. The fraction of sp³-hybridized carbons (Fsp3) is 0.138. The third-order valence-electron chi connectivity index (χ3n) is 6.78. The summed E-state index contributed by atoms with van der Waals surface area (Å²) in [5, 5.41) is 1.66. The smallest absolute Gasteiger partial charge is 0.244 e. The molecule has 0 bridgehead atoms. The van der Waals surface area contributed by atoms with E-state index in [4.69, 9.17) is 0 Å². The molecular weight excluding hydrogens is 504 g/mol. The molecule has 0 radical (unpaired) electrons. The summed E-state index contributed by atoms with van der Waals surface area (Å²) in [4.78, 5) is 9.91. The summed E-state index contributed by atoms with van der Waals surface area (Å²) >= 11 is 0. The Labute approximate surface area is 223 Å². The van der Waals surface area contributed by atoms with E-state index in [-0.39, 0.29) is 12.4 Å². The average molecular weight is 531 g/mol. The van der Waals surface area contributed by atoms with Gasteiger partial charge in [-0.2, -0.15) is 4.31 Å². The number of hydrogen-bond donors (Lipinski definition) is 1. The molecule has 1 aromatic heterocycles. The topological polar surface area (TPSA) is 69.3 Å². The van der Waals surface area contributed by atoms with Crippen molar-refractivity contribution in [2.24, 2.45) is 0 Å². The van der Waals surface area contributed by atoms with Crippen LogP contribution in [0.3, 0.4) is 0 Å². The van der Waals surface area contributed by atoms with E-state index in [1.807, 2.05) is 60.8 Å². The molecule has 0 atom stereocenters. The van der Waals surface area contributed by atoms with Crippen LogP contribution in [-0.2, 0) is 23.1 Å². The van der Waals surface area contributed by atoms with Gasteiger partial charge in [-0.05, 0) is 40.3 Å². The van der Waals surface area contributed by atoms with Gasteiger partial charge in [0.15, 0.2) is 0 Å². The van der Waals surface area contributed by atoms with Crippen molar-refractivity contribution in [1.82, 2.24) is 14.3 Å². The number of nitrogens with zero attached hydrogens (tertiary/aromatic N) is 3. The lowest BCUT2D eigenvalue weighted by atomic mass is 10.0. The normalized spacial score (nSPS) is 14.1. The summed E-state index contributed by atoms with van der Waals surface area (Å²) in [7, 11) is -3.73. The summed E-state index contributed by atoms with van der Waals surface area (Å²) in [5.41, 5.74) is 5.18. The zero-order valence-electron chi connectivity index (χ0n) is 20.1. The Kier molecular flexibility index (Phi) is 7.02. The number of benzene rings is 4. The first-order valence-electron chi connectivity index (χ1n) is 12.0. The van der Waals surface area contributed by atoms with Crippen LogP contribution in [0, 0.1) is 0 Å². The summed E-state index contributed by atoms with van der Waals surface area (Å²) in [6, 6.07) is 29.7. The predicted octanol–water partition coefficient (Wildman–Crippen LogP) is 5.86. The van der Waals surface area contributed by atoms with Crippen LogP contribution in [0.2, 0.25) is 0 Å². The molecule has 0 saturated heterocycles. The number of aromatic nitrogens is 2. The molecule has 0 aliphatic carbocycles. The Morgan fingerprint density at radius 3 is 2.43 bits per heavy atom. The quantitative estimate of drug-likeness (QED) is 0.309. The number of halogens is 1. The summed E-state index contributed by atoms with van der Waals surface area (Å²) in [6.45, 7) is 1.89. The molecule has 0 fully saturated rings. The maximum Gasteiger partial charge on any atom is 0.244 e. The Balaban J connectivity index is 0.00000280. The molecule has 0 spiro atoms. The SMILES string of the molecule is Cl.O=S(=O)(c1cccc2ccccc12)N1CCN(Cc2cnc[nH]2)c2ccc(-c3ccccc3)cc2C1. The standard InChI is InChI=1S/C29H26N4O2S.ClH/c34-36(35,29-12-6-10-23-9-4-5-11-27(23)29)33-16-15-32(20-26-18-30-21-31-26)28-14-13-24(17-25(28)19-33)22-7-2-1-3-8-22;/h1-14,17-18,21H,15-16,19-20H2,(H,30,31);1H. The molecular formula is C29H27ClN4O2S. The van der Waals surface area contributed by atoms with Gasteiger partial charge in [0.2, 0.25) is 10.0 Å². The number of hydrogen-bond acceptors (Lipinski definition) is 4. The molecule has 0 amide bonds. The van der Waals surface area contributed by atoms with E-state index in [1.165, 1.54) is 0 Å². The Bertz CT molecular complexity index is 1620. The van der Waals surface area contributed by atoms with Crippen LogP contribution in [-0.4, -0.2) is 35.8 Å². The van der Waals surface area contributed by atoms with Gasteiger partial charge in [-0.3, -0.25) is 0 Å². The first-order chi connectivity index (χ1) is 17.6. The molecule has 8 heteroatoms. The summed E-state index contributed by atoms with van der Waals surface area (Å²) < 4.78 is 29.7. The number of H-pyrrole nitrogens is 1. The molecule has 0 saturated carbocycles. The van der Waals surface area contributed by atoms with Crippen LogP contribution in [0.5, 0.6) is 0 Å². The van der Waals surface area contributed by atoms with Crippen LogP contribution in [0.1, 0.15) is 11.3 Å². The second kappa shape index (κ2) is 10.4. The highest BCUT2D eigenvalue weighted by Crippen LogP contribution is 2.34. The van der Waals surface area contributed by atoms with Crippen molar-refractivity contribution in [3.05, 3.63) is 115 Å². The van der Waals surface area contributed by atoms with Crippen molar-refractivity contribution >= 4 is 38.9 Å². The van der Waals surface area contributed by atoms with E-state index in [0.717, 1.165) is 38.8 Å². The predicted molar refractivity (Wildman–Crippen MR) is 150 cm³/mol. The third kappa shape index (κ3) is 4.85. The molecule has 188 valence electrons. The molecule has 4 aromatic carbocycles. The van der Waals surface area contributed by atoms with Gasteiger partial charge in [0.05, 0.1) is 23.5 Å². The van der Waals surface area contributed by atoms with E-state index in [2.05, 4.69) is 45.2 Å². The fourth-order valence-electron chi connectivity index (χ4n) is 4.96. The van der Waals surface area contributed by atoms with Gasteiger partial charge in [-0.25, -0.2) is 13.4 Å². The van der Waals surface area contributed by atoms with Gasteiger partial charge in [0.25, 0.3) is 0 Å². The third-order valence-corrected chi connectivity index (χ3v) is 8.68. The average Bonchev–Trinajstić information content (AvgIpc) is 3.36. The molecule has 0 unspecified atom stereocenters. The van der Waals surface area contributed by atoms with Crippen molar-refractivity contribution < 1.29 is 8.42 Å². The summed E-state index contributed by atoms with van der Waals surface area (Å²) in [6.07, 6.45) is 3.48. The van der Waals surface area contributed by atoms with Crippen molar-refractivity contribution in [3.8, 4) is 11.1 Å². The highest BCUT2D eigenvalue weighted by Gasteiger charge is 2.30. The van der Waals surface area contributed by atoms with Gasteiger partial charge in [0, 0.05) is 36.9 Å². The molecule has 5 aromatic rings. The number of fused-ring (bicyclic) bond motifs is 2. The molecule has 6 nitrogen and oxygen atoms in total. The van der Waals surface area contributed by atoms with E-state index >= 15 is 0 Å². The van der Waals surface area contributed by atoms with Crippen molar-refractivity contribution in [3.63, 3.8) is 0 Å². The van der Waals surface area contributed by atoms with Gasteiger partial charge in [0.1, 0.15) is 0 Å². The second-order valence-corrected chi connectivity index (χ2v) is 10.9. The first kappa shape index (κ1) is 25.0. The van der Waals surface area contributed by atoms with Gasteiger partial charge >= 0.3 is 0 Å². The van der Waals surface area contributed by atoms with Gasteiger partial charge in [-0.15, -0.1) is 12.4 Å². The van der Waals surface area contributed by atoms with Crippen LogP contribution < -0.4 is 4.90 Å². The Morgan fingerprint density at radius 1 is 0.838 bits per heavy atom. The van der Waals surface area contributed by atoms with Crippen LogP contribution in [0.4, 0.5) is 5.69 Å². The molecule has 1 N–H and O–H groups in total. The fourth-order valence-corrected chi connectivity index (χ4v) is 6.58. The Hall–Kier alpha value is -3.65.